The first-order valence-corrected chi connectivity index (χ1v) is 10.4. The van der Waals surface area contributed by atoms with Crippen LogP contribution >= 0.6 is 11.6 Å². The number of aryl methyl sites for hydroxylation is 1. The van der Waals surface area contributed by atoms with Crippen LogP contribution in [0.1, 0.15) is 26.5 Å². The van der Waals surface area contributed by atoms with Crippen molar-refractivity contribution in [3.05, 3.63) is 82.6 Å². The summed E-state index contributed by atoms with van der Waals surface area (Å²) in [5.41, 5.74) is 2.48. The van der Waals surface area contributed by atoms with Crippen LogP contribution in [0.3, 0.4) is 0 Å². The van der Waals surface area contributed by atoms with Crippen LogP contribution < -0.4 is 20.1 Å². The number of methoxy groups -OCH3 is 2. The van der Waals surface area contributed by atoms with Crippen molar-refractivity contribution in [3.63, 3.8) is 0 Å². The molecule has 2 N–H and O–H groups in total. The Balaban J connectivity index is 1.63. The van der Waals surface area contributed by atoms with Gasteiger partial charge in [0.25, 0.3) is 11.8 Å². The molecule has 4 aromatic rings. The molecule has 168 valence electrons. The van der Waals surface area contributed by atoms with Gasteiger partial charge in [-0.25, -0.2) is 0 Å². The minimum absolute atomic E-state index is 0.162. The Bertz CT molecular complexity index is 1350. The lowest BCUT2D eigenvalue weighted by Crippen LogP contribution is -2.15. The molecule has 0 aliphatic heterocycles. The monoisotopic (exact) mass is 464 g/mol. The second-order valence-corrected chi connectivity index (χ2v) is 7.66. The van der Waals surface area contributed by atoms with Crippen molar-refractivity contribution in [1.29, 1.82) is 0 Å². The number of rotatable bonds is 6. The third-order valence-corrected chi connectivity index (χ3v) is 5.39. The van der Waals surface area contributed by atoms with Gasteiger partial charge in [-0.2, -0.15) is 0 Å². The fourth-order valence-corrected chi connectivity index (χ4v) is 3.64. The van der Waals surface area contributed by atoms with Gasteiger partial charge in [-0.05, 0) is 37.3 Å². The smallest absolute Gasteiger partial charge is 0.291 e. The van der Waals surface area contributed by atoms with Crippen molar-refractivity contribution in [1.82, 2.24) is 0 Å². The maximum atomic E-state index is 13.0. The number of hydrogen-bond acceptors (Lipinski definition) is 5. The van der Waals surface area contributed by atoms with Crippen LogP contribution in [0.2, 0.25) is 5.02 Å². The quantitative estimate of drug-likeness (QED) is 0.370. The van der Waals surface area contributed by atoms with E-state index in [0.717, 1.165) is 5.39 Å². The highest BCUT2D eigenvalue weighted by Crippen LogP contribution is 2.37. The van der Waals surface area contributed by atoms with Crippen LogP contribution in [0.5, 0.6) is 11.5 Å². The average molecular weight is 465 g/mol. The van der Waals surface area contributed by atoms with Gasteiger partial charge >= 0.3 is 0 Å². The van der Waals surface area contributed by atoms with Crippen molar-refractivity contribution in [3.8, 4) is 11.5 Å². The van der Waals surface area contributed by atoms with Crippen LogP contribution in [-0.4, -0.2) is 26.0 Å². The van der Waals surface area contributed by atoms with E-state index in [1.54, 1.807) is 61.5 Å². The van der Waals surface area contributed by atoms with Gasteiger partial charge in [-0.1, -0.05) is 29.8 Å². The van der Waals surface area contributed by atoms with E-state index < -0.39 is 5.91 Å². The summed E-state index contributed by atoms with van der Waals surface area (Å²) in [6.45, 7) is 1.79. The van der Waals surface area contributed by atoms with Gasteiger partial charge < -0.3 is 24.5 Å². The predicted octanol–water partition coefficient (Wildman–Crippen LogP) is 5.92. The first kappa shape index (κ1) is 22.2. The Morgan fingerprint density at radius 3 is 2.06 bits per heavy atom. The minimum atomic E-state index is -0.457. The Hall–Kier alpha value is -3.97. The standard InChI is InChI=1S/C25H21ClN2O5/c1-14-17-11-16(26)9-10-20(17)33-23(14)25(30)28-19-13-21(31-2)18(12-22(19)32-3)27-24(29)15-7-5-4-6-8-15/h4-13H,1-3H3,(H,27,29)(H,28,30). The molecule has 0 unspecified atom stereocenters. The van der Waals surface area contributed by atoms with Gasteiger partial charge in [-0.15, -0.1) is 0 Å². The molecule has 0 radical (unpaired) electrons. The summed E-state index contributed by atoms with van der Waals surface area (Å²) in [5.74, 6) is 0.0908. The summed E-state index contributed by atoms with van der Waals surface area (Å²) in [5, 5.41) is 6.92. The zero-order valence-corrected chi connectivity index (χ0v) is 18.9. The fraction of sp³-hybridized carbons (Fsp3) is 0.120. The zero-order chi connectivity index (χ0) is 23.5. The number of anilines is 2. The lowest BCUT2D eigenvalue weighted by atomic mass is 10.1. The van der Waals surface area contributed by atoms with Crippen LogP contribution in [-0.2, 0) is 0 Å². The summed E-state index contributed by atoms with van der Waals surface area (Å²) in [6.07, 6.45) is 0. The highest BCUT2D eigenvalue weighted by atomic mass is 35.5. The fourth-order valence-electron chi connectivity index (χ4n) is 3.47. The summed E-state index contributed by atoms with van der Waals surface area (Å²) >= 11 is 6.07. The second-order valence-electron chi connectivity index (χ2n) is 7.22. The molecular weight excluding hydrogens is 444 g/mol. The van der Waals surface area contributed by atoms with Crippen LogP contribution in [0, 0.1) is 6.92 Å². The summed E-state index contributed by atoms with van der Waals surface area (Å²) < 4.78 is 16.6. The lowest BCUT2D eigenvalue weighted by molar-refractivity contribution is 0.0995. The van der Waals surface area contributed by atoms with E-state index in [-0.39, 0.29) is 11.7 Å². The number of hydrogen-bond donors (Lipinski definition) is 2. The predicted molar refractivity (Wildman–Crippen MR) is 128 cm³/mol. The number of ether oxygens (including phenoxy) is 2. The Morgan fingerprint density at radius 1 is 0.848 bits per heavy atom. The van der Waals surface area contributed by atoms with Gasteiger partial charge in [-0.3, -0.25) is 9.59 Å². The third kappa shape index (κ3) is 4.49. The molecule has 0 fully saturated rings. The molecule has 0 atom stereocenters. The van der Waals surface area contributed by atoms with Crippen molar-refractivity contribution in [2.24, 2.45) is 0 Å². The van der Waals surface area contributed by atoms with Crippen LogP contribution in [0.25, 0.3) is 11.0 Å². The van der Waals surface area contributed by atoms with Gasteiger partial charge in [0.05, 0.1) is 25.6 Å². The number of benzene rings is 3. The maximum absolute atomic E-state index is 13.0. The molecule has 7 nitrogen and oxygen atoms in total. The number of nitrogens with one attached hydrogen (secondary N) is 2. The highest BCUT2D eigenvalue weighted by molar-refractivity contribution is 6.31. The normalized spacial score (nSPS) is 10.7. The van der Waals surface area contributed by atoms with E-state index >= 15 is 0 Å². The molecule has 0 aliphatic carbocycles. The molecule has 8 heteroatoms. The topological polar surface area (TPSA) is 89.8 Å². The lowest BCUT2D eigenvalue weighted by Gasteiger charge is -2.16. The average Bonchev–Trinajstić information content (AvgIpc) is 3.16. The number of furan rings is 1. The van der Waals surface area contributed by atoms with E-state index in [2.05, 4.69) is 10.6 Å². The summed E-state index contributed by atoms with van der Waals surface area (Å²) in [6, 6.07) is 17.1. The van der Waals surface area contributed by atoms with E-state index in [4.69, 9.17) is 25.5 Å². The molecule has 1 heterocycles. The molecular formula is C25H21ClN2O5. The van der Waals surface area contributed by atoms with Crippen molar-refractivity contribution < 1.29 is 23.5 Å². The zero-order valence-electron chi connectivity index (χ0n) is 18.2. The highest BCUT2D eigenvalue weighted by Gasteiger charge is 2.21. The first-order chi connectivity index (χ1) is 15.9. The molecule has 0 aliphatic rings. The van der Waals surface area contributed by atoms with E-state index in [0.29, 0.717) is 44.6 Å². The van der Waals surface area contributed by atoms with Gasteiger partial charge in [0.15, 0.2) is 5.76 Å². The van der Waals surface area contributed by atoms with Gasteiger partial charge in [0, 0.05) is 33.7 Å². The Labute approximate surface area is 195 Å². The van der Waals surface area contributed by atoms with Crippen molar-refractivity contribution >= 4 is 45.8 Å². The number of fused-ring (bicyclic) bond motifs is 1. The Kier molecular flexibility index (Phi) is 6.24. The molecule has 33 heavy (non-hydrogen) atoms. The second kappa shape index (κ2) is 9.26. The van der Waals surface area contributed by atoms with Crippen LogP contribution in [0.4, 0.5) is 11.4 Å². The molecule has 4 rings (SSSR count). The van der Waals surface area contributed by atoms with E-state index in [9.17, 15) is 9.59 Å². The molecule has 0 saturated carbocycles. The third-order valence-electron chi connectivity index (χ3n) is 5.16. The molecule has 1 aromatic heterocycles. The van der Waals surface area contributed by atoms with Gasteiger partial charge in [0.1, 0.15) is 17.1 Å². The molecule has 0 saturated heterocycles. The number of carbonyl (C=O) groups is 2. The van der Waals surface area contributed by atoms with Crippen molar-refractivity contribution in [2.45, 2.75) is 6.92 Å². The summed E-state index contributed by atoms with van der Waals surface area (Å²) in [4.78, 5) is 25.6. The maximum Gasteiger partial charge on any atom is 0.291 e. The summed E-state index contributed by atoms with van der Waals surface area (Å²) in [7, 11) is 2.94. The number of amides is 2. The minimum Gasteiger partial charge on any atom is -0.494 e. The van der Waals surface area contributed by atoms with Gasteiger partial charge in [0.2, 0.25) is 0 Å². The SMILES string of the molecule is COc1cc(NC(=O)c2oc3ccc(Cl)cc3c2C)c(OC)cc1NC(=O)c1ccccc1. The van der Waals surface area contributed by atoms with Crippen molar-refractivity contribution in [2.75, 3.05) is 24.9 Å². The van der Waals surface area contributed by atoms with E-state index in [1.807, 2.05) is 6.07 Å². The molecule has 0 bridgehead atoms. The first-order valence-electron chi connectivity index (χ1n) is 10.0. The molecule has 2 amide bonds. The van der Waals surface area contributed by atoms with E-state index in [1.165, 1.54) is 14.2 Å². The molecule has 0 spiro atoms. The largest absolute Gasteiger partial charge is 0.494 e. The number of carbonyl (C=O) groups excluding carboxylic acids is 2. The number of halogens is 1. The molecule has 3 aromatic carbocycles. The Morgan fingerprint density at radius 2 is 1.45 bits per heavy atom. The van der Waals surface area contributed by atoms with Crippen LogP contribution in [0.15, 0.2) is 65.1 Å².